The number of amides is 1. The molecule has 0 spiro atoms. The number of carbonyl (C=O) groups excluding carboxylic acids is 1. The monoisotopic (exact) mass is 539 g/mol. The van der Waals surface area contributed by atoms with Crippen molar-refractivity contribution in [2.24, 2.45) is 5.10 Å². The SMILES string of the molecule is O=C(CN(c1cc(C(F)(F)F)ccc1Cl)S(=O)(=O)c1ccccc1)NN=Cc1ccccc1C(=O)O. The van der Waals surface area contributed by atoms with E-state index in [-0.39, 0.29) is 21.0 Å². The molecule has 0 bridgehead atoms. The Labute approximate surface area is 208 Å². The summed E-state index contributed by atoms with van der Waals surface area (Å²) in [7, 11) is -4.54. The van der Waals surface area contributed by atoms with E-state index < -0.39 is 45.9 Å². The first-order valence-electron chi connectivity index (χ1n) is 10.00. The van der Waals surface area contributed by atoms with Gasteiger partial charge in [-0.25, -0.2) is 18.6 Å². The number of hydrogen-bond acceptors (Lipinski definition) is 5. The molecule has 13 heteroatoms. The maximum atomic E-state index is 13.3. The van der Waals surface area contributed by atoms with Crippen molar-refractivity contribution in [3.05, 3.63) is 94.5 Å². The van der Waals surface area contributed by atoms with Gasteiger partial charge in [-0.1, -0.05) is 48.0 Å². The Hall–Kier alpha value is -3.90. The first-order chi connectivity index (χ1) is 16.9. The van der Waals surface area contributed by atoms with Gasteiger partial charge >= 0.3 is 12.1 Å². The van der Waals surface area contributed by atoms with Gasteiger partial charge in [0, 0.05) is 5.56 Å². The van der Waals surface area contributed by atoms with Crippen LogP contribution in [0.3, 0.4) is 0 Å². The first kappa shape index (κ1) is 26.7. The van der Waals surface area contributed by atoms with Crippen molar-refractivity contribution in [3.8, 4) is 0 Å². The lowest BCUT2D eigenvalue weighted by molar-refractivity contribution is -0.137. The first-order valence-corrected chi connectivity index (χ1v) is 11.8. The van der Waals surface area contributed by atoms with Crippen LogP contribution in [0.25, 0.3) is 0 Å². The predicted octanol–water partition coefficient (Wildman–Crippen LogP) is 4.40. The summed E-state index contributed by atoms with van der Waals surface area (Å²) in [4.78, 5) is 23.6. The highest BCUT2D eigenvalue weighted by molar-refractivity contribution is 7.92. The third-order valence-corrected chi connectivity index (χ3v) is 6.84. The van der Waals surface area contributed by atoms with Gasteiger partial charge in [0.2, 0.25) is 0 Å². The van der Waals surface area contributed by atoms with Crippen LogP contribution in [0.15, 0.2) is 82.8 Å². The van der Waals surface area contributed by atoms with Crippen molar-refractivity contribution in [1.82, 2.24) is 5.43 Å². The zero-order valence-corrected chi connectivity index (χ0v) is 19.7. The minimum atomic E-state index is -4.80. The number of carbonyl (C=O) groups is 2. The standard InChI is InChI=1S/C23H17ClF3N3O5S/c24-19-11-10-16(23(25,26)27)12-20(19)30(36(34,35)17-7-2-1-3-8-17)14-21(31)29-28-13-15-6-4-5-9-18(15)22(32)33/h1-13H,14H2,(H,29,31)(H,32,33). The summed E-state index contributed by atoms with van der Waals surface area (Å²) in [5, 5.41) is 12.5. The van der Waals surface area contributed by atoms with E-state index >= 15 is 0 Å². The second-order valence-electron chi connectivity index (χ2n) is 7.17. The van der Waals surface area contributed by atoms with Crippen molar-refractivity contribution < 1.29 is 36.3 Å². The van der Waals surface area contributed by atoms with E-state index in [0.717, 1.165) is 12.3 Å². The van der Waals surface area contributed by atoms with Gasteiger partial charge in [-0.15, -0.1) is 0 Å². The van der Waals surface area contributed by atoms with Gasteiger partial charge in [0.15, 0.2) is 0 Å². The number of nitrogens with zero attached hydrogens (tertiary/aromatic N) is 2. The number of hydrazone groups is 1. The molecule has 3 aromatic rings. The van der Waals surface area contributed by atoms with Crippen LogP contribution in [0, 0.1) is 0 Å². The van der Waals surface area contributed by atoms with Crippen molar-refractivity contribution >= 4 is 45.4 Å². The molecule has 0 aliphatic heterocycles. The van der Waals surface area contributed by atoms with Crippen LogP contribution >= 0.6 is 11.6 Å². The number of sulfonamides is 1. The second kappa shape index (κ2) is 10.8. The molecule has 3 rings (SSSR count). The fourth-order valence-electron chi connectivity index (χ4n) is 3.04. The Balaban J connectivity index is 1.96. The van der Waals surface area contributed by atoms with Gasteiger partial charge in [-0.05, 0) is 36.4 Å². The third kappa shape index (κ3) is 6.20. The van der Waals surface area contributed by atoms with E-state index in [9.17, 15) is 36.3 Å². The summed E-state index contributed by atoms with van der Waals surface area (Å²) in [6.45, 7) is -0.976. The Morgan fingerprint density at radius 3 is 2.31 bits per heavy atom. The molecule has 0 saturated heterocycles. The van der Waals surface area contributed by atoms with Gasteiger partial charge in [0.1, 0.15) is 6.54 Å². The van der Waals surface area contributed by atoms with Gasteiger partial charge in [-0.2, -0.15) is 18.3 Å². The fourth-order valence-corrected chi connectivity index (χ4v) is 4.77. The number of alkyl halides is 3. The lowest BCUT2D eigenvalue weighted by Crippen LogP contribution is -2.40. The lowest BCUT2D eigenvalue weighted by Gasteiger charge is -2.25. The number of carboxylic acid groups (broad SMARTS) is 1. The minimum absolute atomic E-state index is 0.0977. The second-order valence-corrected chi connectivity index (χ2v) is 9.44. The summed E-state index contributed by atoms with van der Waals surface area (Å²) in [5.41, 5.74) is 0.375. The molecule has 0 atom stereocenters. The number of rotatable bonds is 8. The Bertz CT molecular complexity index is 1410. The maximum absolute atomic E-state index is 13.3. The molecule has 0 radical (unpaired) electrons. The highest BCUT2D eigenvalue weighted by atomic mass is 35.5. The van der Waals surface area contributed by atoms with E-state index in [1.54, 1.807) is 6.07 Å². The van der Waals surface area contributed by atoms with Crippen LogP contribution < -0.4 is 9.73 Å². The largest absolute Gasteiger partial charge is 0.478 e. The summed E-state index contributed by atoms with van der Waals surface area (Å²) in [5.74, 6) is -2.25. The number of nitrogens with one attached hydrogen (secondary N) is 1. The Morgan fingerprint density at radius 2 is 1.67 bits per heavy atom. The molecule has 0 aliphatic rings. The number of carboxylic acids is 1. The normalized spacial score (nSPS) is 11.9. The average Bonchev–Trinajstić information content (AvgIpc) is 2.83. The molecule has 0 aromatic heterocycles. The van der Waals surface area contributed by atoms with E-state index in [1.807, 2.05) is 0 Å². The maximum Gasteiger partial charge on any atom is 0.416 e. The third-order valence-electron chi connectivity index (χ3n) is 4.74. The molecule has 1 amide bonds. The van der Waals surface area contributed by atoms with Crippen molar-refractivity contribution in [2.45, 2.75) is 11.1 Å². The summed E-state index contributed by atoms with van der Waals surface area (Å²) in [6.07, 6.45) is -3.76. The summed E-state index contributed by atoms with van der Waals surface area (Å²) >= 11 is 6.06. The van der Waals surface area contributed by atoms with Crippen LogP contribution in [0.5, 0.6) is 0 Å². The smallest absolute Gasteiger partial charge is 0.416 e. The van der Waals surface area contributed by atoms with Gasteiger partial charge in [0.05, 0.1) is 32.9 Å². The molecule has 0 unspecified atom stereocenters. The topological polar surface area (TPSA) is 116 Å². The Morgan fingerprint density at radius 1 is 1.03 bits per heavy atom. The summed E-state index contributed by atoms with van der Waals surface area (Å²) in [6, 6.07) is 14.6. The van der Waals surface area contributed by atoms with Gasteiger partial charge in [-0.3, -0.25) is 9.10 Å². The van der Waals surface area contributed by atoms with E-state index in [2.05, 4.69) is 10.5 Å². The van der Waals surface area contributed by atoms with Crippen LogP contribution in [0.2, 0.25) is 5.02 Å². The molecule has 0 heterocycles. The number of hydrogen-bond donors (Lipinski definition) is 2. The van der Waals surface area contributed by atoms with Crippen molar-refractivity contribution in [1.29, 1.82) is 0 Å². The molecule has 0 aliphatic carbocycles. The lowest BCUT2D eigenvalue weighted by atomic mass is 10.1. The zero-order chi connectivity index (χ0) is 26.5. The van der Waals surface area contributed by atoms with Crippen molar-refractivity contribution in [2.75, 3.05) is 10.8 Å². The predicted molar refractivity (Wildman–Crippen MR) is 127 cm³/mol. The Kier molecular flexibility index (Phi) is 8.00. The van der Waals surface area contributed by atoms with Crippen LogP contribution in [0.1, 0.15) is 21.5 Å². The van der Waals surface area contributed by atoms with E-state index in [4.69, 9.17) is 11.6 Å². The summed E-state index contributed by atoms with van der Waals surface area (Å²) < 4.78 is 67.0. The zero-order valence-electron chi connectivity index (χ0n) is 18.1. The minimum Gasteiger partial charge on any atom is -0.478 e. The van der Waals surface area contributed by atoms with E-state index in [1.165, 1.54) is 48.5 Å². The van der Waals surface area contributed by atoms with Crippen LogP contribution in [-0.2, 0) is 21.0 Å². The molecule has 0 saturated carbocycles. The molecule has 3 aromatic carbocycles. The molecule has 188 valence electrons. The number of halogens is 4. The molecular formula is C23H17ClF3N3O5S. The number of anilines is 1. The van der Waals surface area contributed by atoms with Crippen LogP contribution in [0.4, 0.5) is 18.9 Å². The molecule has 2 N–H and O–H groups in total. The van der Waals surface area contributed by atoms with Gasteiger partial charge in [0.25, 0.3) is 15.9 Å². The number of aromatic carboxylic acids is 1. The number of benzene rings is 3. The van der Waals surface area contributed by atoms with Gasteiger partial charge < -0.3 is 5.11 Å². The fraction of sp³-hybridized carbons (Fsp3) is 0.0870. The average molecular weight is 540 g/mol. The highest BCUT2D eigenvalue weighted by Crippen LogP contribution is 2.37. The molecule has 0 fully saturated rings. The quantitative estimate of drug-likeness (QED) is 0.325. The van der Waals surface area contributed by atoms with Crippen LogP contribution in [-0.4, -0.2) is 38.2 Å². The molecular weight excluding hydrogens is 523 g/mol. The van der Waals surface area contributed by atoms with E-state index in [0.29, 0.717) is 16.4 Å². The highest BCUT2D eigenvalue weighted by Gasteiger charge is 2.34. The van der Waals surface area contributed by atoms with Crippen molar-refractivity contribution in [3.63, 3.8) is 0 Å². The molecule has 8 nitrogen and oxygen atoms in total. The molecule has 36 heavy (non-hydrogen) atoms.